The van der Waals surface area contributed by atoms with E-state index in [1.54, 1.807) is 0 Å². The molecule has 3 rings (SSSR count). The van der Waals surface area contributed by atoms with Crippen molar-refractivity contribution in [3.8, 4) is 0 Å². The summed E-state index contributed by atoms with van der Waals surface area (Å²) in [5.74, 6) is 0. The van der Waals surface area contributed by atoms with Crippen molar-refractivity contribution in [1.82, 2.24) is 4.90 Å². The van der Waals surface area contributed by atoms with Crippen LogP contribution in [0.4, 0.5) is 0 Å². The molecule has 0 bridgehead atoms. The molecule has 1 aliphatic rings. The van der Waals surface area contributed by atoms with Gasteiger partial charge in [0.25, 0.3) is 0 Å². The minimum Gasteiger partial charge on any atom is -0.388 e. The Kier molecular flexibility index (Phi) is 5.91. The third-order valence-electron chi connectivity index (χ3n) is 4.70. The predicted octanol–water partition coefficient (Wildman–Crippen LogP) is 3.65. The highest BCUT2D eigenvalue weighted by molar-refractivity contribution is 7.16. The standard InChI is InChI=1S/C19H23ClNO2P/c20-17-8-6-16(7-9-17)19(10-11-21(14-24)12-18(19)22)23-13-15-4-2-1-3-5-15/h1-9,18,22H,10-14,24H2/t18-,19-/m1/s1. The summed E-state index contributed by atoms with van der Waals surface area (Å²) in [7, 11) is 2.72. The molecular formula is C19H23ClNO2P. The van der Waals surface area contributed by atoms with Gasteiger partial charge in [-0.05, 0) is 29.7 Å². The maximum absolute atomic E-state index is 10.9. The average molecular weight is 364 g/mol. The van der Waals surface area contributed by atoms with Gasteiger partial charge >= 0.3 is 0 Å². The minimum atomic E-state index is -0.698. The summed E-state index contributed by atoms with van der Waals surface area (Å²) in [6.07, 6.45) is 1.01. The molecule has 3 nitrogen and oxygen atoms in total. The quantitative estimate of drug-likeness (QED) is 0.823. The molecule has 1 unspecified atom stereocenters. The summed E-state index contributed by atoms with van der Waals surface area (Å²) in [4.78, 5) is 2.22. The molecule has 128 valence electrons. The van der Waals surface area contributed by atoms with Gasteiger partial charge in [0.1, 0.15) is 5.60 Å². The van der Waals surface area contributed by atoms with Gasteiger partial charge in [0.15, 0.2) is 0 Å². The number of benzene rings is 2. The van der Waals surface area contributed by atoms with Crippen molar-refractivity contribution in [3.63, 3.8) is 0 Å². The molecule has 2 aromatic carbocycles. The summed E-state index contributed by atoms with van der Waals surface area (Å²) >= 11 is 6.04. The largest absolute Gasteiger partial charge is 0.388 e. The van der Waals surface area contributed by atoms with Crippen LogP contribution >= 0.6 is 20.8 Å². The van der Waals surface area contributed by atoms with E-state index in [1.807, 2.05) is 54.6 Å². The molecule has 1 saturated heterocycles. The molecule has 3 atom stereocenters. The lowest BCUT2D eigenvalue weighted by molar-refractivity contribution is -0.168. The van der Waals surface area contributed by atoms with Crippen LogP contribution in [0, 0.1) is 0 Å². The van der Waals surface area contributed by atoms with E-state index < -0.39 is 11.7 Å². The fraction of sp³-hybridized carbons (Fsp3) is 0.368. The van der Waals surface area contributed by atoms with Crippen LogP contribution < -0.4 is 0 Å². The van der Waals surface area contributed by atoms with Crippen LogP contribution in [0.2, 0.25) is 5.02 Å². The maximum Gasteiger partial charge on any atom is 0.122 e. The molecule has 1 fully saturated rings. The van der Waals surface area contributed by atoms with E-state index in [1.165, 1.54) is 0 Å². The van der Waals surface area contributed by atoms with Crippen molar-refractivity contribution >= 4 is 20.8 Å². The molecule has 1 aliphatic heterocycles. The topological polar surface area (TPSA) is 32.7 Å². The van der Waals surface area contributed by atoms with E-state index in [-0.39, 0.29) is 0 Å². The zero-order chi connectivity index (χ0) is 17.0. The minimum absolute atomic E-state index is 0.474. The summed E-state index contributed by atoms with van der Waals surface area (Å²) in [5.41, 5.74) is 1.39. The maximum atomic E-state index is 10.9. The van der Waals surface area contributed by atoms with Gasteiger partial charge in [-0.15, -0.1) is 9.24 Å². The highest BCUT2D eigenvalue weighted by atomic mass is 35.5. The van der Waals surface area contributed by atoms with Crippen LogP contribution in [-0.2, 0) is 16.9 Å². The number of halogens is 1. The van der Waals surface area contributed by atoms with Gasteiger partial charge in [-0.1, -0.05) is 54.1 Å². The van der Waals surface area contributed by atoms with Crippen LogP contribution in [0.3, 0.4) is 0 Å². The van der Waals surface area contributed by atoms with Crippen molar-refractivity contribution in [2.75, 3.05) is 19.4 Å². The lowest BCUT2D eigenvalue weighted by Gasteiger charge is -2.45. The Balaban J connectivity index is 1.87. The summed E-state index contributed by atoms with van der Waals surface area (Å²) in [6.45, 7) is 1.96. The molecular weight excluding hydrogens is 341 g/mol. The summed E-state index contributed by atoms with van der Waals surface area (Å²) in [6, 6.07) is 17.7. The number of hydrogen-bond acceptors (Lipinski definition) is 3. The van der Waals surface area contributed by atoms with E-state index in [4.69, 9.17) is 16.3 Å². The first kappa shape index (κ1) is 17.8. The number of piperidine rings is 1. The predicted molar refractivity (Wildman–Crippen MR) is 101 cm³/mol. The van der Waals surface area contributed by atoms with Gasteiger partial charge < -0.3 is 9.84 Å². The van der Waals surface area contributed by atoms with Crippen LogP contribution in [0.1, 0.15) is 17.5 Å². The zero-order valence-corrected chi connectivity index (χ0v) is 15.5. The Morgan fingerprint density at radius 2 is 1.88 bits per heavy atom. The molecule has 1 heterocycles. The number of hydrogen-bond donors (Lipinski definition) is 1. The molecule has 2 aromatic rings. The van der Waals surface area contributed by atoms with Crippen molar-refractivity contribution in [3.05, 3.63) is 70.7 Å². The Bertz CT molecular complexity index is 652. The van der Waals surface area contributed by atoms with E-state index in [2.05, 4.69) is 14.1 Å². The van der Waals surface area contributed by atoms with Gasteiger partial charge in [-0.3, -0.25) is 4.90 Å². The van der Waals surface area contributed by atoms with Crippen LogP contribution in [0.25, 0.3) is 0 Å². The highest BCUT2D eigenvalue weighted by Crippen LogP contribution is 2.38. The van der Waals surface area contributed by atoms with E-state index in [0.29, 0.717) is 18.2 Å². The number of likely N-dealkylation sites (tertiary alicyclic amines) is 1. The summed E-state index contributed by atoms with van der Waals surface area (Å²) in [5, 5.41) is 11.6. The Morgan fingerprint density at radius 3 is 2.50 bits per heavy atom. The molecule has 0 amide bonds. The Morgan fingerprint density at radius 1 is 1.17 bits per heavy atom. The average Bonchev–Trinajstić information content (AvgIpc) is 2.62. The smallest absolute Gasteiger partial charge is 0.122 e. The second kappa shape index (κ2) is 7.95. The molecule has 5 heteroatoms. The monoisotopic (exact) mass is 363 g/mol. The molecule has 0 radical (unpaired) electrons. The van der Waals surface area contributed by atoms with Crippen LogP contribution in [0.15, 0.2) is 54.6 Å². The second-order valence-electron chi connectivity index (χ2n) is 6.20. The van der Waals surface area contributed by atoms with Gasteiger partial charge in [0, 0.05) is 24.4 Å². The second-order valence-corrected chi connectivity index (χ2v) is 7.00. The van der Waals surface area contributed by atoms with Gasteiger partial charge in [0.2, 0.25) is 0 Å². The van der Waals surface area contributed by atoms with E-state index in [0.717, 1.165) is 30.4 Å². The molecule has 0 aromatic heterocycles. The van der Waals surface area contributed by atoms with Crippen molar-refractivity contribution in [1.29, 1.82) is 0 Å². The number of aliphatic hydroxyl groups is 1. The number of β-amino-alcohol motifs (C(OH)–C–C–N with tert-alkyl or cyclic N) is 1. The Labute approximate surface area is 150 Å². The van der Waals surface area contributed by atoms with Crippen LogP contribution in [0.5, 0.6) is 0 Å². The molecule has 1 N–H and O–H groups in total. The molecule has 0 aliphatic carbocycles. The van der Waals surface area contributed by atoms with E-state index in [9.17, 15) is 5.11 Å². The summed E-state index contributed by atoms with van der Waals surface area (Å²) < 4.78 is 6.36. The first-order valence-electron chi connectivity index (χ1n) is 8.18. The van der Waals surface area contributed by atoms with E-state index >= 15 is 0 Å². The number of rotatable bonds is 5. The SMILES string of the molecule is O[C@@H]1CN(CP)CC[C@@]1(OCc1ccccc1)c1ccc(Cl)cc1. The zero-order valence-electron chi connectivity index (χ0n) is 13.6. The van der Waals surface area contributed by atoms with Crippen molar-refractivity contribution in [2.45, 2.75) is 24.7 Å². The highest BCUT2D eigenvalue weighted by Gasteiger charge is 2.44. The molecule has 0 saturated carbocycles. The fourth-order valence-electron chi connectivity index (χ4n) is 3.25. The third kappa shape index (κ3) is 3.82. The van der Waals surface area contributed by atoms with Gasteiger partial charge in [-0.25, -0.2) is 0 Å². The molecule has 0 spiro atoms. The van der Waals surface area contributed by atoms with Gasteiger partial charge in [-0.2, -0.15) is 0 Å². The fourth-order valence-corrected chi connectivity index (χ4v) is 3.70. The first-order chi connectivity index (χ1) is 11.6. The number of aliphatic hydroxyl groups excluding tert-OH is 1. The van der Waals surface area contributed by atoms with Crippen molar-refractivity contribution in [2.24, 2.45) is 0 Å². The van der Waals surface area contributed by atoms with Crippen LogP contribution in [-0.4, -0.2) is 35.5 Å². The number of ether oxygens (including phenoxy) is 1. The molecule has 24 heavy (non-hydrogen) atoms. The normalized spacial score (nSPS) is 24.9. The third-order valence-corrected chi connectivity index (χ3v) is 5.47. The lowest BCUT2D eigenvalue weighted by Crippen LogP contribution is -2.54. The lowest BCUT2D eigenvalue weighted by atomic mass is 9.82. The first-order valence-corrected chi connectivity index (χ1v) is 9.38. The van der Waals surface area contributed by atoms with Crippen molar-refractivity contribution < 1.29 is 9.84 Å². The number of nitrogens with zero attached hydrogens (tertiary/aromatic N) is 1. The Hall–Kier alpha value is -0.960. The van der Waals surface area contributed by atoms with Gasteiger partial charge in [0.05, 0.1) is 12.7 Å².